The van der Waals surface area contributed by atoms with E-state index in [2.05, 4.69) is 5.32 Å². The molecule has 1 aromatic rings. The van der Waals surface area contributed by atoms with E-state index in [1.165, 1.54) is 6.92 Å². The standard InChI is InChI=1S/C11H15F2N/c1-7-4-5-8(2)10(6-7)14-9(3)11(12)13/h4-6,9,11,14H,1-3H3. The Bertz CT molecular complexity index is 310. The van der Waals surface area contributed by atoms with E-state index in [0.29, 0.717) is 0 Å². The summed E-state index contributed by atoms with van der Waals surface area (Å²) in [6.45, 7) is 5.32. The van der Waals surface area contributed by atoms with Gasteiger partial charge in [-0.2, -0.15) is 0 Å². The first-order chi connectivity index (χ1) is 6.50. The maximum Gasteiger partial charge on any atom is 0.258 e. The van der Waals surface area contributed by atoms with E-state index in [1.54, 1.807) is 0 Å². The molecule has 0 bridgehead atoms. The third-order valence-corrected chi connectivity index (χ3v) is 2.15. The third kappa shape index (κ3) is 2.69. The minimum absolute atomic E-state index is 0.790. The molecule has 1 aromatic carbocycles. The number of anilines is 1. The Balaban J connectivity index is 2.80. The SMILES string of the molecule is Cc1ccc(C)c(NC(C)C(F)F)c1. The van der Waals surface area contributed by atoms with Crippen LogP contribution >= 0.6 is 0 Å². The van der Waals surface area contributed by atoms with E-state index in [0.717, 1.165) is 16.8 Å². The fourth-order valence-corrected chi connectivity index (χ4v) is 1.20. The topological polar surface area (TPSA) is 12.0 Å². The van der Waals surface area contributed by atoms with Crippen molar-refractivity contribution in [3.8, 4) is 0 Å². The van der Waals surface area contributed by atoms with Crippen molar-refractivity contribution in [1.29, 1.82) is 0 Å². The van der Waals surface area contributed by atoms with Crippen molar-refractivity contribution in [2.75, 3.05) is 5.32 Å². The molecule has 0 aliphatic rings. The molecule has 1 rings (SSSR count). The number of nitrogens with one attached hydrogen (secondary N) is 1. The van der Waals surface area contributed by atoms with Crippen LogP contribution in [0.3, 0.4) is 0 Å². The van der Waals surface area contributed by atoms with Gasteiger partial charge in [-0.15, -0.1) is 0 Å². The number of hydrogen-bond acceptors (Lipinski definition) is 1. The van der Waals surface area contributed by atoms with Gasteiger partial charge in [-0.05, 0) is 38.0 Å². The van der Waals surface area contributed by atoms with Crippen molar-refractivity contribution >= 4 is 5.69 Å². The van der Waals surface area contributed by atoms with Gasteiger partial charge in [0.15, 0.2) is 0 Å². The molecule has 0 radical (unpaired) electrons. The summed E-state index contributed by atoms with van der Waals surface area (Å²) < 4.78 is 24.6. The van der Waals surface area contributed by atoms with Crippen LogP contribution in [0, 0.1) is 13.8 Å². The monoisotopic (exact) mass is 199 g/mol. The summed E-state index contributed by atoms with van der Waals surface area (Å²) in [6, 6.07) is 4.97. The Kier molecular flexibility index (Phi) is 3.44. The second kappa shape index (κ2) is 4.40. The number of halogens is 2. The minimum Gasteiger partial charge on any atom is -0.377 e. The zero-order valence-electron chi connectivity index (χ0n) is 8.64. The predicted molar refractivity (Wildman–Crippen MR) is 55.0 cm³/mol. The molecule has 0 aliphatic heterocycles. The predicted octanol–water partition coefficient (Wildman–Crippen LogP) is 3.37. The van der Waals surface area contributed by atoms with Crippen LogP contribution < -0.4 is 5.32 Å². The molecule has 3 heteroatoms. The van der Waals surface area contributed by atoms with Gasteiger partial charge >= 0.3 is 0 Å². The normalized spacial score (nSPS) is 13.0. The Morgan fingerprint density at radius 3 is 2.43 bits per heavy atom. The number of benzene rings is 1. The van der Waals surface area contributed by atoms with Gasteiger partial charge in [-0.3, -0.25) is 0 Å². The van der Waals surface area contributed by atoms with Gasteiger partial charge in [0.05, 0.1) is 6.04 Å². The van der Waals surface area contributed by atoms with Crippen molar-refractivity contribution in [1.82, 2.24) is 0 Å². The smallest absolute Gasteiger partial charge is 0.258 e. The van der Waals surface area contributed by atoms with Crippen LogP contribution in [-0.2, 0) is 0 Å². The lowest BCUT2D eigenvalue weighted by Crippen LogP contribution is -2.24. The van der Waals surface area contributed by atoms with E-state index in [1.807, 2.05) is 32.0 Å². The molecule has 14 heavy (non-hydrogen) atoms. The summed E-state index contributed by atoms with van der Waals surface area (Å²) in [4.78, 5) is 0. The van der Waals surface area contributed by atoms with E-state index >= 15 is 0 Å². The Morgan fingerprint density at radius 2 is 1.86 bits per heavy atom. The molecule has 0 amide bonds. The van der Waals surface area contributed by atoms with Crippen LogP contribution in [0.1, 0.15) is 18.1 Å². The van der Waals surface area contributed by atoms with Gasteiger partial charge in [-0.1, -0.05) is 12.1 Å². The lowest BCUT2D eigenvalue weighted by molar-refractivity contribution is 0.130. The van der Waals surface area contributed by atoms with Crippen molar-refractivity contribution in [2.24, 2.45) is 0 Å². The summed E-state index contributed by atoms with van der Waals surface area (Å²) in [6.07, 6.45) is -2.34. The van der Waals surface area contributed by atoms with Crippen molar-refractivity contribution in [2.45, 2.75) is 33.2 Å². The fourth-order valence-electron chi connectivity index (χ4n) is 1.20. The molecule has 78 valence electrons. The average molecular weight is 199 g/mol. The maximum absolute atomic E-state index is 12.3. The molecule has 0 aromatic heterocycles. The summed E-state index contributed by atoms with van der Waals surface area (Å²) in [7, 11) is 0. The highest BCUT2D eigenvalue weighted by Crippen LogP contribution is 2.18. The van der Waals surface area contributed by atoms with Crippen LogP contribution in [0.4, 0.5) is 14.5 Å². The highest BCUT2D eigenvalue weighted by molar-refractivity contribution is 5.53. The zero-order chi connectivity index (χ0) is 10.7. The van der Waals surface area contributed by atoms with Gasteiger partial charge in [0.2, 0.25) is 0 Å². The summed E-state index contributed by atoms with van der Waals surface area (Å²) in [5, 5.41) is 2.80. The van der Waals surface area contributed by atoms with Gasteiger partial charge in [-0.25, -0.2) is 8.78 Å². The number of alkyl halides is 2. The summed E-state index contributed by atoms with van der Waals surface area (Å²) in [5.74, 6) is 0. The molecule has 0 saturated heterocycles. The van der Waals surface area contributed by atoms with Gasteiger partial charge in [0, 0.05) is 5.69 Å². The molecule has 1 unspecified atom stereocenters. The lowest BCUT2D eigenvalue weighted by Gasteiger charge is -2.16. The van der Waals surface area contributed by atoms with Crippen molar-refractivity contribution in [3.05, 3.63) is 29.3 Å². The quantitative estimate of drug-likeness (QED) is 0.787. The van der Waals surface area contributed by atoms with Gasteiger partial charge < -0.3 is 5.32 Å². The molecule has 0 aliphatic carbocycles. The highest BCUT2D eigenvalue weighted by Gasteiger charge is 2.14. The molecule has 1 N–H and O–H groups in total. The minimum atomic E-state index is -2.34. The first-order valence-electron chi connectivity index (χ1n) is 4.62. The maximum atomic E-state index is 12.3. The Hall–Kier alpha value is -1.12. The van der Waals surface area contributed by atoms with Crippen LogP contribution in [-0.4, -0.2) is 12.5 Å². The molecule has 0 spiro atoms. The molecule has 0 saturated carbocycles. The Labute approximate surface area is 83.1 Å². The van der Waals surface area contributed by atoms with Crippen LogP contribution in [0.5, 0.6) is 0 Å². The largest absolute Gasteiger partial charge is 0.377 e. The van der Waals surface area contributed by atoms with E-state index in [9.17, 15) is 8.78 Å². The van der Waals surface area contributed by atoms with Gasteiger partial charge in [0.25, 0.3) is 6.43 Å². The number of aryl methyl sites for hydroxylation is 2. The lowest BCUT2D eigenvalue weighted by atomic mass is 10.1. The summed E-state index contributed by atoms with van der Waals surface area (Å²) >= 11 is 0. The third-order valence-electron chi connectivity index (χ3n) is 2.15. The van der Waals surface area contributed by atoms with Crippen LogP contribution in [0.25, 0.3) is 0 Å². The number of rotatable bonds is 3. The highest BCUT2D eigenvalue weighted by atomic mass is 19.3. The van der Waals surface area contributed by atoms with E-state index in [4.69, 9.17) is 0 Å². The average Bonchev–Trinajstić information content (AvgIpc) is 2.11. The second-order valence-electron chi connectivity index (χ2n) is 3.59. The number of hydrogen-bond donors (Lipinski definition) is 1. The van der Waals surface area contributed by atoms with Gasteiger partial charge in [0.1, 0.15) is 0 Å². The first kappa shape index (κ1) is 11.0. The second-order valence-corrected chi connectivity index (χ2v) is 3.59. The summed E-state index contributed by atoms with van der Waals surface area (Å²) in [5.41, 5.74) is 2.85. The molecule has 1 nitrogen and oxygen atoms in total. The molecule has 1 atom stereocenters. The van der Waals surface area contributed by atoms with E-state index in [-0.39, 0.29) is 0 Å². The molecule has 0 fully saturated rings. The van der Waals surface area contributed by atoms with Crippen LogP contribution in [0.2, 0.25) is 0 Å². The first-order valence-corrected chi connectivity index (χ1v) is 4.62. The zero-order valence-corrected chi connectivity index (χ0v) is 8.64. The fraction of sp³-hybridized carbons (Fsp3) is 0.455. The van der Waals surface area contributed by atoms with Crippen LogP contribution in [0.15, 0.2) is 18.2 Å². The Morgan fingerprint density at radius 1 is 1.21 bits per heavy atom. The molecular weight excluding hydrogens is 184 g/mol. The molecule has 0 heterocycles. The van der Waals surface area contributed by atoms with Crippen molar-refractivity contribution < 1.29 is 8.78 Å². The van der Waals surface area contributed by atoms with E-state index < -0.39 is 12.5 Å². The van der Waals surface area contributed by atoms with Crippen molar-refractivity contribution in [3.63, 3.8) is 0 Å². The molecular formula is C11H15F2N.